The molecule has 0 spiro atoms. The number of amidine groups is 1. The fraction of sp³-hybridized carbons (Fsp3) is 0.280. The molecule has 1 aliphatic carbocycles. The summed E-state index contributed by atoms with van der Waals surface area (Å²) in [7, 11) is 0. The number of benzene rings is 2. The first-order valence-corrected chi connectivity index (χ1v) is 12.4. The Labute approximate surface area is 222 Å². The van der Waals surface area contributed by atoms with E-state index in [2.05, 4.69) is 20.2 Å². The summed E-state index contributed by atoms with van der Waals surface area (Å²) in [4.78, 5) is 4.37. The lowest BCUT2D eigenvalue weighted by atomic mass is 9.63. The molecule has 2 aromatic carbocycles. The van der Waals surface area contributed by atoms with E-state index < -0.39 is 23.6 Å². The molecule has 4 N–H and O–H groups in total. The van der Waals surface area contributed by atoms with Gasteiger partial charge in [-0.1, -0.05) is 29.8 Å². The van der Waals surface area contributed by atoms with Crippen LogP contribution in [0.1, 0.15) is 36.1 Å². The molecule has 0 atom stereocenters. The normalized spacial score (nSPS) is 16.9. The second kappa shape index (κ2) is 9.74. The summed E-state index contributed by atoms with van der Waals surface area (Å²) in [6, 6.07) is 12.7. The number of hydrogen-bond acceptors (Lipinski definition) is 7. The fourth-order valence-corrected chi connectivity index (χ4v) is 5.74. The second-order valence-electron chi connectivity index (χ2n) is 9.10. The fourth-order valence-electron chi connectivity index (χ4n) is 4.74. The van der Waals surface area contributed by atoms with Gasteiger partial charge in [0.05, 0.1) is 23.3 Å². The number of anilines is 3. The molecular formula is C25H21F6N5O2S. The number of nitrogens with one attached hydrogen (secondary N) is 1. The van der Waals surface area contributed by atoms with E-state index in [0.717, 1.165) is 12.5 Å². The molecule has 5 rings (SSSR count). The molecule has 206 valence electrons. The van der Waals surface area contributed by atoms with Crippen LogP contribution in [0, 0.1) is 0 Å². The summed E-state index contributed by atoms with van der Waals surface area (Å²) in [6.07, 6.45) is -7.49. The van der Waals surface area contributed by atoms with E-state index in [1.54, 1.807) is 12.1 Å². The highest BCUT2D eigenvalue weighted by Gasteiger charge is 2.46. The smallest absolute Gasteiger partial charge is 0.409 e. The first-order chi connectivity index (χ1) is 18.4. The highest BCUT2D eigenvalue weighted by Crippen LogP contribution is 2.52. The van der Waals surface area contributed by atoms with Crippen LogP contribution in [0.2, 0.25) is 0 Å². The molecule has 3 aromatic rings. The summed E-state index contributed by atoms with van der Waals surface area (Å²) in [5.74, 6) is -0.355. The number of pyridine rings is 1. The lowest BCUT2D eigenvalue weighted by molar-refractivity contribution is -0.274. The molecular weight excluding hydrogens is 548 g/mol. The van der Waals surface area contributed by atoms with Crippen molar-refractivity contribution in [3.8, 4) is 5.75 Å². The lowest BCUT2D eigenvalue weighted by Crippen LogP contribution is -2.47. The minimum absolute atomic E-state index is 0.0139. The third-order valence-electron chi connectivity index (χ3n) is 6.72. The average Bonchev–Trinajstić information content (AvgIpc) is 2.99. The van der Waals surface area contributed by atoms with Crippen LogP contribution in [0.15, 0.2) is 64.6 Å². The van der Waals surface area contributed by atoms with Crippen molar-refractivity contribution >= 4 is 35.0 Å². The minimum atomic E-state index is -4.84. The van der Waals surface area contributed by atoms with Crippen molar-refractivity contribution in [3.63, 3.8) is 0 Å². The lowest BCUT2D eigenvalue weighted by Gasteiger charge is -2.43. The zero-order valence-electron chi connectivity index (χ0n) is 20.0. The van der Waals surface area contributed by atoms with Crippen LogP contribution in [0.3, 0.4) is 0 Å². The maximum absolute atomic E-state index is 13.4. The number of para-hydroxylation sites is 1. The van der Waals surface area contributed by atoms with E-state index in [9.17, 15) is 31.5 Å². The zero-order valence-corrected chi connectivity index (χ0v) is 20.8. The van der Waals surface area contributed by atoms with Gasteiger partial charge in [-0.05, 0) is 66.8 Å². The Kier molecular flexibility index (Phi) is 6.69. The molecule has 0 unspecified atom stereocenters. The van der Waals surface area contributed by atoms with Gasteiger partial charge in [0.1, 0.15) is 23.1 Å². The number of ether oxygens (including phenoxy) is 1. The van der Waals surface area contributed by atoms with E-state index in [4.69, 9.17) is 5.73 Å². The number of hydrogen-bond donors (Lipinski definition) is 3. The maximum Gasteiger partial charge on any atom is 0.573 e. The summed E-state index contributed by atoms with van der Waals surface area (Å²) < 4.78 is 83.8. The Morgan fingerprint density at radius 2 is 1.77 bits per heavy atom. The number of rotatable bonds is 5. The van der Waals surface area contributed by atoms with Crippen LogP contribution in [0.5, 0.6) is 5.75 Å². The van der Waals surface area contributed by atoms with E-state index in [-0.39, 0.29) is 23.9 Å². The van der Waals surface area contributed by atoms with Crippen molar-refractivity contribution < 1.29 is 36.3 Å². The van der Waals surface area contributed by atoms with Gasteiger partial charge in [0, 0.05) is 10.5 Å². The van der Waals surface area contributed by atoms with Crippen LogP contribution in [-0.4, -0.2) is 22.4 Å². The number of halogens is 6. The quantitative estimate of drug-likeness (QED) is 0.0765. The van der Waals surface area contributed by atoms with Crippen LogP contribution >= 0.6 is 11.9 Å². The number of fused-ring (bicyclic) bond motifs is 2. The third-order valence-corrected chi connectivity index (χ3v) is 7.73. The molecule has 0 bridgehead atoms. The monoisotopic (exact) mass is 569 g/mol. The Balaban J connectivity index is 1.60. The van der Waals surface area contributed by atoms with Gasteiger partial charge < -0.3 is 25.3 Å². The Hall–Kier alpha value is -3.81. The van der Waals surface area contributed by atoms with Gasteiger partial charge in [0.2, 0.25) is 0 Å². The van der Waals surface area contributed by atoms with Crippen molar-refractivity contribution in [2.45, 2.75) is 48.7 Å². The van der Waals surface area contributed by atoms with Crippen molar-refractivity contribution in [1.82, 2.24) is 4.98 Å². The SMILES string of the molecule is N/C(=N\O)C1(c2cccc3c2N(Sc2ccc(OC(F)(F)F)cc2)Cc2ccc(C(F)(F)F)nc2N3)CCC1. The summed E-state index contributed by atoms with van der Waals surface area (Å²) in [5.41, 5.74) is 6.47. The molecule has 1 saturated carbocycles. The summed E-state index contributed by atoms with van der Waals surface area (Å²) in [5, 5.41) is 15.8. The molecule has 14 heteroatoms. The minimum Gasteiger partial charge on any atom is -0.409 e. The largest absolute Gasteiger partial charge is 0.573 e. The van der Waals surface area contributed by atoms with Crippen LogP contribution in [-0.2, 0) is 18.1 Å². The number of aromatic nitrogens is 1. The summed E-state index contributed by atoms with van der Waals surface area (Å²) >= 11 is 1.17. The van der Waals surface area contributed by atoms with E-state index in [1.807, 2.05) is 10.4 Å². The zero-order chi connectivity index (χ0) is 28.0. The van der Waals surface area contributed by atoms with Gasteiger partial charge in [0.25, 0.3) is 0 Å². The first-order valence-electron chi connectivity index (χ1n) is 11.7. The number of nitrogens with two attached hydrogens (primary N) is 1. The number of oxime groups is 1. The Morgan fingerprint density at radius 1 is 1.05 bits per heavy atom. The molecule has 2 heterocycles. The molecule has 0 radical (unpaired) electrons. The molecule has 2 aliphatic rings. The highest BCUT2D eigenvalue weighted by atomic mass is 32.2. The molecule has 0 saturated heterocycles. The predicted molar refractivity (Wildman–Crippen MR) is 133 cm³/mol. The van der Waals surface area contributed by atoms with E-state index in [0.29, 0.717) is 40.2 Å². The van der Waals surface area contributed by atoms with E-state index >= 15 is 0 Å². The summed E-state index contributed by atoms with van der Waals surface area (Å²) in [6.45, 7) is 0.0925. The number of nitrogens with zero attached hydrogens (tertiary/aromatic N) is 3. The average molecular weight is 570 g/mol. The molecule has 1 aromatic heterocycles. The van der Waals surface area contributed by atoms with Gasteiger partial charge in [-0.25, -0.2) is 4.98 Å². The maximum atomic E-state index is 13.4. The third kappa shape index (κ3) is 5.24. The van der Waals surface area contributed by atoms with Crippen molar-refractivity contribution in [1.29, 1.82) is 0 Å². The van der Waals surface area contributed by atoms with Gasteiger partial charge in [0.15, 0.2) is 0 Å². The van der Waals surface area contributed by atoms with Gasteiger partial charge in [-0.2, -0.15) is 13.2 Å². The van der Waals surface area contributed by atoms with Crippen molar-refractivity contribution in [2.75, 3.05) is 9.62 Å². The van der Waals surface area contributed by atoms with Crippen LogP contribution in [0.25, 0.3) is 0 Å². The highest BCUT2D eigenvalue weighted by molar-refractivity contribution is 8.00. The molecule has 0 amide bonds. The van der Waals surface area contributed by atoms with Gasteiger partial charge in [-0.15, -0.1) is 13.2 Å². The Morgan fingerprint density at radius 3 is 2.36 bits per heavy atom. The van der Waals surface area contributed by atoms with Crippen molar-refractivity contribution in [3.05, 3.63) is 71.4 Å². The van der Waals surface area contributed by atoms with Gasteiger partial charge >= 0.3 is 12.5 Å². The Bertz CT molecular complexity index is 1410. The number of alkyl halides is 6. The van der Waals surface area contributed by atoms with Crippen molar-refractivity contribution in [2.24, 2.45) is 10.9 Å². The van der Waals surface area contributed by atoms with E-state index in [1.165, 1.54) is 42.3 Å². The standard InChI is InChI=1S/C25H21F6N5O2S/c26-24(27,28)19-10-5-14-13-36(39-16-8-6-15(7-9-16)38-25(29,30)31)20-17(23(11-2-12-23)22(32)35-37)3-1-4-18(20)33-21(14)34-19/h1,3-10,37H,2,11-13H2,(H2,32,35)(H,33,34). The van der Waals surface area contributed by atoms with Crippen LogP contribution in [0.4, 0.5) is 43.5 Å². The second-order valence-corrected chi connectivity index (χ2v) is 10.2. The first kappa shape index (κ1) is 26.8. The topological polar surface area (TPSA) is 96.0 Å². The predicted octanol–water partition coefficient (Wildman–Crippen LogP) is 6.94. The molecule has 7 nitrogen and oxygen atoms in total. The molecule has 1 fully saturated rings. The van der Waals surface area contributed by atoms with Gasteiger partial charge in [-0.3, -0.25) is 0 Å². The van der Waals surface area contributed by atoms with Crippen LogP contribution < -0.4 is 20.1 Å². The molecule has 39 heavy (non-hydrogen) atoms. The molecule has 1 aliphatic heterocycles.